The average molecular weight is 401 g/mol. The van der Waals surface area contributed by atoms with Gasteiger partial charge in [-0.15, -0.1) is 0 Å². The Hall–Kier alpha value is -1.20. The van der Waals surface area contributed by atoms with Crippen LogP contribution in [0.1, 0.15) is 58.8 Å². The number of hydrogen-bond donors (Lipinski definition) is 0. The van der Waals surface area contributed by atoms with Crippen LogP contribution in [0.5, 0.6) is 0 Å². The summed E-state index contributed by atoms with van der Waals surface area (Å²) in [5.41, 5.74) is 1.31. The number of ether oxygens (including phenoxy) is 1. The molecule has 29 heavy (non-hydrogen) atoms. The lowest BCUT2D eigenvalue weighted by atomic mass is 9.50. The van der Waals surface area contributed by atoms with E-state index in [-0.39, 0.29) is 10.8 Å². The van der Waals surface area contributed by atoms with Gasteiger partial charge >= 0.3 is 0 Å². The van der Waals surface area contributed by atoms with Crippen molar-refractivity contribution >= 4 is 11.7 Å². The van der Waals surface area contributed by atoms with Crippen LogP contribution >= 0.6 is 0 Å². The van der Waals surface area contributed by atoms with Gasteiger partial charge in [-0.1, -0.05) is 19.9 Å². The van der Waals surface area contributed by atoms with Crippen LogP contribution in [0.15, 0.2) is 11.8 Å². The van der Waals surface area contributed by atoms with E-state index < -0.39 is 0 Å². The Bertz CT molecular complexity index is 728. The molecule has 3 aliphatic carbocycles. The normalized spacial score (nSPS) is 42.9. The topological polar surface area (TPSA) is 49.9 Å². The van der Waals surface area contributed by atoms with Gasteiger partial charge in [-0.2, -0.15) is 0 Å². The van der Waals surface area contributed by atoms with E-state index in [0.717, 1.165) is 77.9 Å². The van der Waals surface area contributed by atoms with Crippen LogP contribution in [-0.2, 0) is 14.3 Å². The Labute approximate surface area is 174 Å². The number of amides is 1. The van der Waals surface area contributed by atoms with Gasteiger partial charge in [0.15, 0.2) is 0 Å². The molecule has 2 saturated carbocycles. The molecule has 0 spiro atoms. The number of morpholine rings is 1. The smallest absolute Gasteiger partial charge is 0.226 e. The molecule has 2 saturated heterocycles. The van der Waals surface area contributed by atoms with E-state index in [0.29, 0.717) is 35.9 Å². The van der Waals surface area contributed by atoms with E-state index in [2.05, 4.69) is 29.7 Å². The van der Waals surface area contributed by atoms with Crippen LogP contribution in [0.25, 0.3) is 0 Å². The number of rotatable bonds is 3. The van der Waals surface area contributed by atoms with Crippen molar-refractivity contribution in [1.82, 2.24) is 9.80 Å². The maximum atomic E-state index is 12.9. The lowest BCUT2D eigenvalue weighted by molar-refractivity contribution is -0.139. The van der Waals surface area contributed by atoms with E-state index >= 15 is 0 Å². The zero-order valence-corrected chi connectivity index (χ0v) is 18.1. The maximum Gasteiger partial charge on any atom is 0.226 e. The fraction of sp³-hybridized carbons (Fsp3) is 0.833. The number of nitrogens with zero attached hydrogens (tertiary/aromatic N) is 2. The molecule has 2 aliphatic heterocycles. The molecule has 5 rings (SSSR count). The molecule has 5 aliphatic rings. The molecular formula is C24H36N2O3. The first-order valence-electron chi connectivity index (χ1n) is 11.8. The second kappa shape index (κ2) is 7.19. The van der Waals surface area contributed by atoms with Gasteiger partial charge < -0.3 is 9.64 Å². The number of ketones is 1. The molecular weight excluding hydrogens is 364 g/mol. The molecule has 0 aromatic carbocycles. The fourth-order valence-corrected chi connectivity index (χ4v) is 7.53. The molecule has 0 bridgehead atoms. The second-order valence-electron chi connectivity index (χ2n) is 10.5. The van der Waals surface area contributed by atoms with Crippen molar-refractivity contribution in [3.05, 3.63) is 11.8 Å². The van der Waals surface area contributed by atoms with Gasteiger partial charge in [0.05, 0.1) is 13.2 Å². The zero-order valence-electron chi connectivity index (χ0n) is 18.1. The summed E-state index contributed by atoms with van der Waals surface area (Å²) in [4.78, 5) is 30.1. The van der Waals surface area contributed by atoms with Gasteiger partial charge in [-0.3, -0.25) is 14.5 Å². The van der Waals surface area contributed by atoms with Crippen LogP contribution in [0.2, 0.25) is 0 Å². The van der Waals surface area contributed by atoms with E-state index in [1.165, 1.54) is 5.70 Å². The van der Waals surface area contributed by atoms with Crippen LogP contribution < -0.4 is 0 Å². The highest BCUT2D eigenvalue weighted by Gasteiger charge is 2.59. The molecule has 5 nitrogen and oxygen atoms in total. The molecule has 0 aromatic heterocycles. The van der Waals surface area contributed by atoms with Crippen molar-refractivity contribution in [2.24, 2.45) is 28.6 Å². The molecule has 0 aromatic rings. The van der Waals surface area contributed by atoms with Crippen LogP contribution in [0.4, 0.5) is 0 Å². The van der Waals surface area contributed by atoms with Gasteiger partial charge in [0.25, 0.3) is 0 Å². The summed E-state index contributed by atoms with van der Waals surface area (Å²) in [5, 5.41) is 0. The summed E-state index contributed by atoms with van der Waals surface area (Å²) in [6, 6.07) is 0. The SMILES string of the molecule is C[C@]12CCC(=O)N(CCN3CCOCC3)C1=CC[C@@H]1[C@@H]2CC[C@]2(C)C(=O)CC[C@@H]12. The molecule has 1 amide bonds. The highest BCUT2D eigenvalue weighted by Crippen LogP contribution is 2.63. The van der Waals surface area contributed by atoms with Gasteiger partial charge in [-0.25, -0.2) is 0 Å². The van der Waals surface area contributed by atoms with Crippen molar-refractivity contribution in [3.8, 4) is 0 Å². The highest BCUT2D eigenvalue weighted by molar-refractivity contribution is 5.87. The van der Waals surface area contributed by atoms with Gasteiger partial charge in [0.2, 0.25) is 5.91 Å². The molecule has 4 fully saturated rings. The quantitative estimate of drug-likeness (QED) is 0.730. The van der Waals surface area contributed by atoms with Crippen LogP contribution in [-0.4, -0.2) is 60.9 Å². The molecule has 0 radical (unpaired) electrons. The lowest BCUT2D eigenvalue weighted by Gasteiger charge is -2.57. The summed E-state index contributed by atoms with van der Waals surface area (Å²) in [6.45, 7) is 9.94. The average Bonchev–Trinajstić information content (AvgIpc) is 3.03. The first kappa shape index (κ1) is 19.7. The lowest BCUT2D eigenvalue weighted by Crippen LogP contribution is -2.55. The number of piperidine rings is 1. The van der Waals surface area contributed by atoms with E-state index in [9.17, 15) is 9.59 Å². The predicted octanol–water partition coefficient (Wildman–Crippen LogP) is 3.25. The van der Waals surface area contributed by atoms with Gasteiger partial charge in [0.1, 0.15) is 5.78 Å². The summed E-state index contributed by atoms with van der Waals surface area (Å²) >= 11 is 0. The predicted molar refractivity (Wildman–Crippen MR) is 111 cm³/mol. The minimum absolute atomic E-state index is 0.0800. The monoisotopic (exact) mass is 400 g/mol. The maximum absolute atomic E-state index is 12.9. The van der Waals surface area contributed by atoms with Crippen LogP contribution in [0, 0.1) is 28.6 Å². The molecule has 5 atom stereocenters. The number of fused-ring (bicyclic) bond motifs is 5. The number of carbonyl (C=O) groups excluding carboxylic acids is 2. The minimum Gasteiger partial charge on any atom is -0.379 e. The van der Waals surface area contributed by atoms with Crippen molar-refractivity contribution in [2.75, 3.05) is 39.4 Å². The number of hydrogen-bond acceptors (Lipinski definition) is 4. The Morgan fingerprint density at radius 2 is 1.76 bits per heavy atom. The van der Waals surface area contributed by atoms with Crippen LogP contribution in [0.3, 0.4) is 0 Å². The molecule has 5 heteroatoms. The van der Waals surface area contributed by atoms with Crippen molar-refractivity contribution in [1.29, 1.82) is 0 Å². The van der Waals surface area contributed by atoms with E-state index in [1.54, 1.807) is 0 Å². The molecule has 0 N–H and O–H groups in total. The molecule has 0 unspecified atom stereocenters. The number of Topliss-reactive ketones (excluding diaryl/α,β-unsaturated/α-hetero) is 1. The third-order valence-corrected chi connectivity index (χ3v) is 9.33. The Kier molecular flexibility index (Phi) is 4.90. The summed E-state index contributed by atoms with van der Waals surface area (Å²) in [6.07, 6.45) is 9.13. The number of carbonyl (C=O) groups is 2. The minimum atomic E-state index is -0.0800. The summed E-state index contributed by atoms with van der Waals surface area (Å²) in [5.74, 6) is 2.58. The highest BCUT2D eigenvalue weighted by atomic mass is 16.5. The zero-order chi connectivity index (χ0) is 20.2. The first-order chi connectivity index (χ1) is 13.9. The fourth-order valence-electron chi connectivity index (χ4n) is 7.53. The summed E-state index contributed by atoms with van der Waals surface area (Å²) in [7, 11) is 0. The largest absolute Gasteiger partial charge is 0.379 e. The Balaban J connectivity index is 1.38. The second-order valence-corrected chi connectivity index (χ2v) is 10.5. The first-order valence-corrected chi connectivity index (χ1v) is 11.8. The molecule has 2 heterocycles. The third kappa shape index (κ3) is 3.03. The van der Waals surface area contributed by atoms with Gasteiger partial charge in [0, 0.05) is 55.5 Å². The summed E-state index contributed by atoms with van der Waals surface area (Å²) < 4.78 is 5.47. The number of likely N-dealkylation sites (tertiary alicyclic amines) is 1. The third-order valence-electron chi connectivity index (χ3n) is 9.33. The Morgan fingerprint density at radius 3 is 2.55 bits per heavy atom. The van der Waals surface area contributed by atoms with Crippen molar-refractivity contribution in [3.63, 3.8) is 0 Å². The molecule has 160 valence electrons. The number of allylic oxidation sites excluding steroid dienone is 2. The Morgan fingerprint density at radius 1 is 1.00 bits per heavy atom. The van der Waals surface area contributed by atoms with Crippen molar-refractivity contribution < 1.29 is 14.3 Å². The van der Waals surface area contributed by atoms with Gasteiger partial charge in [-0.05, 0) is 49.9 Å². The standard InChI is InChI=1S/C24H36N2O3/c1-23-10-8-22(28)26(12-11-25-13-15-29-16-14-25)20(23)5-3-17-18-4-6-21(27)24(18,2)9-7-19(17)23/h5,17-19H,3-4,6-16H2,1-2H3/t17-,18-,19-,23+,24-/m0/s1. The van der Waals surface area contributed by atoms with E-state index in [1.807, 2.05) is 0 Å². The van der Waals surface area contributed by atoms with Crippen molar-refractivity contribution in [2.45, 2.75) is 58.8 Å². The van der Waals surface area contributed by atoms with E-state index in [4.69, 9.17) is 4.74 Å².